The van der Waals surface area contributed by atoms with Crippen molar-refractivity contribution in [1.82, 2.24) is 10.2 Å². The number of hydrogen-bond acceptors (Lipinski definition) is 4. The Hall–Kier alpha value is -0.620. The highest BCUT2D eigenvalue weighted by Gasteiger charge is 2.39. The Morgan fingerprint density at radius 3 is 2.78 bits per heavy atom. The van der Waals surface area contributed by atoms with Gasteiger partial charge in [0.05, 0.1) is 23.7 Å². The summed E-state index contributed by atoms with van der Waals surface area (Å²) in [7, 11) is -2.96. The molecule has 0 aromatic heterocycles. The lowest BCUT2D eigenvalue weighted by Crippen LogP contribution is -2.39. The van der Waals surface area contributed by atoms with Gasteiger partial charge >= 0.3 is 0 Å². The van der Waals surface area contributed by atoms with Crippen LogP contribution in [-0.4, -0.2) is 49.5 Å². The van der Waals surface area contributed by atoms with E-state index in [1.807, 2.05) is 6.92 Å². The Labute approximate surface area is 109 Å². The molecule has 18 heavy (non-hydrogen) atoms. The third kappa shape index (κ3) is 2.54. The molecule has 0 radical (unpaired) electrons. The van der Waals surface area contributed by atoms with E-state index in [0.717, 1.165) is 12.8 Å². The maximum absolute atomic E-state index is 12.2. The Balaban J connectivity index is 1.98. The van der Waals surface area contributed by atoms with E-state index in [0.29, 0.717) is 25.6 Å². The smallest absolute Gasteiger partial charge is 0.241 e. The zero-order valence-corrected chi connectivity index (χ0v) is 11.9. The van der Waals surface area contributed by atoms with Gasteiger partial charge in [0.25, 0.3) is 0 Å². The molecule has 0 aliphatic carbocycles. The molecule has 0 saturated carbocycles. The van der Waals surface area contributed by atoms with Crippen molar-refractivity contribution in [3.63, 3.8) is 0 Å². The maximum Gasteiger partial charge on any atom is 0.241 e. The molecule has 2 saturated heterocycles. The molecule has 0 bridgehead atoms. The minimum atomic E-state index is -2.96. The molecule has 1 N–H and O–H groups in total. The fourth-order valence-corrected chi connectivity index (χ4v) is 4.55. The van der Waals surface area contributed by atoms with E-state index in [9.17, 15) is 13.2 Å². The van der Waals surface area contributed by atoms with Crippen molar-refractivity contribution in [2.45, 2.75) is 44.4 Å². The van der Waals surface area contributed by atoms with Crippen LogP contribution < -0.4 is 5.32 Å². The van der Waals surface area contributed by atoms with Gasteiger partial charge in [0, 0.05) is 6.54 Å². The van der Waals surface area contributed by atoms with E-state index >= 15 is 0 Å². The highest BCUT2D eigenvalue weighted by Crippen LogP contribution is 2.23. The topological polar surface area (TPSA) is 66.5 Å². The average Bonchev–Trinajstić information content (AvgIpc) is 2.84. The van der Waals surface area contributed by atoms with Crippen LogP contribution in [-0.2, 0) is 14.6 Å². The standard InChI is InChI=1S/C12H22N2O3S/c1-3-9(2)11-12(15)14(8-13-11)7-10-5-4-6-18(10,16)17/h9-11,13H,3-8H2,1-2H3. The van der Waals surface area contributed by atoms with Gasteiger partial charge in [0.15, 0.2) is 9.84 Å². The molecule has 6 heteroatoms. The number of amides is 1. The molecule has 2 aliphatic heterocycles. The molecule has 2 rings (SSSR count). The molecule has 0 spiro atoms. The number of sulfone groups is 1. The summed E-state index contributed by atoms with van der Waals surface area (Å²) in [5, 5.41) is 2.84. The first-order valence-corrected chi connectivity index (χ1v) is 8.41. The van der Waals surface area contributed by atoms with Gasteiger partial charge < -0.3 is 4.90 Å². The summed E-state index contributed by atoms with van der Waals surface area (Å²) in [5.74, 6) is 0.635. The molecular formula is C12H22N2O3S. The highest BCUT2D eigenvalue weighted by atomic mass is 32.2. The fourth-order valence-electron chi connectivity index (χ4n) is 2.71. The lowest BCUT2D eigenvalue weighted by atomic mass is 9.99. The number of hydrogen-bond donors (Lipinski definition) is 1. The summed E-state index contributed by atoms with van der Waals surface area (Å²) in [6, 6.07) is -0.140. The Morgan fingerprint density at radius 1 is 1.50 bits per heavy atom. The van der Waals surface area contributed by atoms with Gasteiger partial charge in [-0.25, -0.2) is 8.42 Å². The predicted octanol–water partition coefficient (Wildman–Crippen LogP) is 0.368. The number of nitrogens with zero attached hydrogens (tertiary/aromatic N) is 1. The Morgan fingerprint density at radius 2 is 2.22 bits per heavy atom. The molecule has 2 heterocycles. The molecule has 0 aromatic rings. The van der Waals surface area contributed by atoms with Crippen molar-refractivity contribution in [2.24, 2.45) is 5.92 Å². The van der Waals surface area contributed by atoms with Crippen molar-refractivity contribution in [3.8, 4) is 0 Å². The average molecular weight is 274 g/mol. The lowest BCUT2D eigenvalue weighted by Gasteiger charge is -2.20. The first-order valence-electron chi connectivity index (χ1n) is 6.69. The number of carbonyl (C=O) groups excluding carboxylic acids is 1. The summed E-state index contributed by atoms with van der Waals surface area (Å²) in [5.41, 5.74) is 0. The monoisotopic (exact) mass is 274 g/mol. The van der Waals surface area contributed by atoms with Gasteiger partial charge in [-0.3, -0.25) is 10.1 Å². The first-order chi connectivity index (χ1) is 8.45. The fraction of sp³-hybridized carbons (Fsp3) is 0.917. The van der Waals surface area contributed by atoms with Crippen LogP contribution in [0, 0.1) is 5.92 Å². The third-order valence-corrected chi connectivity index (χ3v) is 6.44. The van der Waals surface area contributed by atoms with E-state index in [1.54, 1.807) is 4.90 Å². The van der Waals surface area contributed by atoms with E-state index < -0.39 is 9.84 Å². The third-order valence-electron chi connectivity index (χ3n) is 4.18. The number of carbonyl (C=O) groups is 1. The van der Waals surface area contributed by atoms with E-state index in [-0.39, 0.29) is 23.0 Å². The van der Waals surface area contributed by atoms with Crippen molar-refractivity contribution >= 4 is 15.7 Å². The first kappa shape index (κ1) is 13.8. The quantitative estimate of drug-likeness (QED) is 0.804. The highest BCUT2D eigenvalue weighted by molar-refractivity contribution is 7.92. The molecule has 104 valence electrons. The molecule has 2 aliphatic rings. The van der Waals surface area contributed by atoms with Crippen LogP contribution in [0.2, 0.25) is 0 Å². The van der Waals surface area contributed by atoms with E-state index in [2.05, 4.69) is 12.2 Å². The SMILES string of the molecule is CCC(C)C1NCN(CC2CCCS2(=O)=O)C1=O. The summed E-state index contributed by atoms with van der Waals surface area (Å²) in [4.78, 5) is 13.8. The molecule has 1 amide bonds. The van der Waals surface area contributed by atoms with Gasteiger partial charge in [-0.1, -0.05) is 20.3 Å². The second-order valence-electron chi connectivity index (χ2n) is 5.42. The van der Waals surface area contributed by atoms with Crippen LogP contribution >= 0.6 is 0 Å². The van der Waals surface area contributed by atoms with Gasteiger partial charge in [0.2, 0.25) is 5.91 Å². The zero-order chi connectivity index (χ0) is 13.3. The predicted molar refractivity (Wildman–Crippen MR) is 69.8 cm³/mol. The summed E-state index contributed by atoms with van der Waals surface area (Å²) < 4.78 is 23.5. The normalized spacial score (nSPS) is 33.0. The molecule has 3 unspecified atom stereocenters. The molecule has 2 fully saturated rings. The van der Waals surface area contributed by atoms with Gasteiger partial charge in [-0.2, -0.15) is 0 Å². The van der Waals surface area contributed by atoms with E-state index in [4.69, 9.17) is 0 Å². The Bertz CT molecular complexity index is 421. The molecular weight excluding hydrogens is 252 g/mol. The minimum absolute atomic E-state index is 0.0615. The molecule has 0 aromatic carbocycles. The minimum Gasteiger partial charge on any atom is -0.327 e. The van der Waals surface area contributed by atoms with Crippen molar-refractivity contribution in [1.29, 1.82) is 0 Å². The van der Waals surface area contributed by atoms with Crippen LogP contribution in [0.4, 0.5) is 0 Å². The summed E-state index contributed by atoms with van der Waals surface area (Å²) >= 11 is 0. The van der Waals surface area contributed by atoms with Crippen LogP contribution in [0.3, 0.4) is 0 Å². The van der Waals surface area contributed by atoms with Crippen LogP contribution in [0.1, 0.15) is 33.1 Å². The Kier molecular flexibility index (Phi) is 3.96. The number of rotatable bonds is 4. The summed E-state index contributed by atoms with van der Waals surface area (Å²) in [6.45, 7) is 4.95. The van der Waals surface area contributed by atoms with Crippen molar-refractivity contribution < 1.29 is 13.2 Å². The summed E-state index contributed by atoms with van der Waals surface area (Å²) in [6.07, 6.45) is 2.37. The number of nitrogens with one attached hydrogen (secondary N) is 1. The van der Waals surface area contributed by atoms with Crippen LogP contribution in [0.25, 0.3) is 0 Å². The van der Waals surface area contributed by atoms with Crippen LogP contribution in [0.5, 0.6) is 0 Å². The van der Waals surface area contributed by atoms with Crippen molar-refractivity contribution in [3.05, 3.63) is 0 Å². The second-order valence-corrected chi connectivity index (χ2v) is 7.82. The van der Waals surface area contributed by atoms with Gasteiger partial charge in [-0.05, 0) is 18.8 Å². The maximum atomic E-state index is 12.2. The molecule has 3 atom stereocenters. The van der Waals surface area contributed by atoms with Gasteiger partial charge in [-0.15, -0.1) is 0 Å². The van der Waals surface area contributed by atoms with Gasteiger partial charge in [0.1, 0.15) is 0 Å². The molecule has 5 nitrogen and oxygen atoms in total. The van der Waals surface area contributed by atoms with Crippen molar-refractivity contribution in [2.75, 3.05) is 19.0 Å². The largest absolute Gasteiger partial charge is 0.327 e. The zero-order valence-electron chi connectivity index (χ0n) is 11.1. The van der Waals surface area contributed by atoms with E-state index in [1.165, 1.54) is 0 Å². The second kappa shape index (κ2) is 5.17. The lowest BCUT2D eigenvalue weighted by molar-refractivity contribution is -0.129. The van der Waals surface area contributed by atoms with Crippen LogP contribution in [0.15, 0.2) is 0 Å².